The number of carbonyl (C=O) groups excluding carboxylic acids is 1. The highest BCUT2D eigenvalue weighted by Gasteiger charge is 2.08. The lowest BCUT2D eigenvalue weighted by molar-refractivity contribution is -0.117. The predicted molar refractivity (Wildman–Crippen MR) is 67.6 cm³/mol. The van der Waals surface area contributed by atoms with E-state index in [2.05, 4.69) is 21.2 Å². The van der Waals surface area contributed by atoms with E-state index in [-0.39, 0.29) is 24.6 Å². The Balaban J connectivity index is 2.42. The lowest BCUT2D eigenvalue weighted by Crippen LogP contribution is -2.27. The van der Waals surface area contributed by atoms with Crippen molar-refractivity contribution in [3.8, 4) is 0 Å². The van der Waals surface area contributed by atoms with Crippen molar-refractivity contribution in [3.63, 3.8) is 0 Å². The second-order valence-corrected chi connectivity index (χ2v) is 4.54. The number of hydrogen-bond acceptors (Lipinski definition) is 3. The summed E-state index contributed by atoms with van der Waals surface area (Å²) in [6.45, 7) is 1.40. The van der Waals surface area contributed by atoms with E-state index < -0.39 is 0 Å². The molecule has 17 heavy (non-hydrogen) atoms. The molecule has 5 heteroatoms. The second kappa shape index (κ2) is 7.53. The van der Waals surface area contributed by atoms with E-state index in [0.717, 1.165) is 4.47 Å². The van der Waals surface area contributed by atoms with Gasteiger partial charge in [-0.1, -0.05) is 15.9 Å². The number of Topliss-reactive ketones (excluding diaryl/α,β-unsaturated/α-hetero) is 1. The molecule has 0 radical (unpaired) electrons. The molecule has 0 bridgehead atoms. The number of nitrogens with one attached hydrogen (secondary N) is 1. The van der Waals surface area contributed by atoms with Gasteiger partial charge >= 0.3 is 0 Å². The quantitative estimate of drug-likeness (QED) is 0.782. The van der Waals surface area contributed by atoms with Gasteiger partial charge in [0.2, 0.25) is 0 Å². The molecule has 94 valence electrons. The number of benzene rings is 1. The smallest absolute Gasteiger partial charge is 0.151 e. The number of hydrogen-bond donors (Lipinski definition) is 1. The van der Waals surface area contributed by atoms with Crippen molar-refractivity contribution in [2.75, 3.05) is 26.8 Å². The van der Waals surface area contributed by atoms with Crippen molar-refractivity contribution in [2.24, 2.45) is 0 Å². The molecule has 1 aromatic rings. The van der Waals surface area contributed by atoms with Gasteiger partial charge in [0.05, 0.1) is 13.2 Å². The van der Waals surface area contributed by atoms with Gasteiger partial charge < -0.3 is 10.1 Å². The summed E-state index contributed by atoms with van der Waals surface area (Å²) >= 11 is 3.25. The molecule has 0 heterocycles. The van der Waals surface area contributed by atoms with Crippen LogP contribution in [0.1, 0.15) is 5.56 Å². The number of halogens is 2. The van der Waals surface area contributed by atoms with Gasteiger partial charge in [-0.3, -0.25) is 4.79 Å². The first-order chi connectivity index (χ1) is 8.13. The van der Waals surface area contributed by atoms with Crippen LogP contribution in [0, 0.1) is 5.82 Å². The SMILES string of the molecule is COCCNCC(=O)Cc1cc(Br)ccc1F. The molecule has 0 atom stereocenters. The Morgan fingerprint density at radius 1 is 1.53 bits per heavy atom. The molecular weight excluding hydrogens is 289 g/mol. The van der Waals surface area contributed by atoms with Crippen LogP contribution in [0.4, 0.5) is 4.39 Å². The minimum Gasteiger partial charge on any atom is -0.383 e. The molecule has 0 aromatic heterocycles. The zero-order valence-electron chi connectivity index (χ0n) is 9.63. The van der Waals surface area contributed by atoms with Crippen molar-refractivity contribution in [3.05, 3.63) is 34.1 Å². The maximum Gasteiger partial charge on any atom is 0.151 e. The number of carbonyl (C=O) groups is 1. The first kappa shape index (κ1) is 14.3. The molecule has 0 aliphatic heterocycles. The molecule has 3 nitrogen and oxygen atoms in total. The summed E-state index contributed by atoms with van der Waals surface area (Å²) < 4.78 is 19.0. The molecule has 0 amide bonds. The molecule has 0 saturated heterocycles. The fourth-order valence-corrected chi connectivity index (χ4v) is 1.76. The summed E-state index contributed by atoms with van der Waals surface area (Å²) in [5.41, 5.74) is 0.415. The minimum atomic E-state index is -0.349. The fourth-order valence-electron chi connectivity index (χ4n) is 1.36. The number of ketones is 1. The van der Waals surface area contributed by atoms with Crippen LogP contribution in [0.2, 0.25) is 0 Å². The van der Waals surface area contributed by atoms with Crippen molar-refractivity contribution in [1.29, 1.82) is 0 Å². The Bertz CT molecular complexity index is 385. The van der Waals surface area contributed by atoms with Gasteiger partial charge in [-0.25, -0.2) is 4.39 Å². The first-order valence-corrected chi connectivity index (χ1v) is 6.08. The third kappa shape index (κ3) is 5.39. The van der Waals surface area contributed by atoms with Crippen molar-refractivity contribution in [2.45, 2.75) is 6.42 Å². The maximum absolute atomic E-state index is 13.4. The Labute approximate surface area is 108 Å². The van der Waals surface area contributed by atoms with Crippen molar-refractivity contribution in [1.82, 2.24) is 5.32 Å². The van der Waals surface area contributed by atoms with E-state index in [9.17, 15) is 9.18 Å². The highest BCUT2D eigenvalue weighted by Crippen LogP contribution is 2.16. The van der Waals surface area contributed by atoms with Crippen LogP contribution in [0.5, 0.6) is 0 Å². The third-order valence-corrected chi connectivity index (χ3v) is 2.69. The molecule has 0 spiro atoms. The van der Waals surface area contributed by atoms with Gasteiger partial charge in [0.15, 0.2) is 5.78 Å². The lowest BCUT2D eigenvalue weighted by Gasteiger charge is -2.05. The topological polar surface area (TPSA) is 38.3 Å². The van der Waals surface area contributed by atoms with Crippen LogP contribution in [0.3, 0.4) is 0 Å². The summed E-state index contributed by atoms with van der Waals surface area (Å²) in [5.74, 6) is -0.392. The normalized spacial score (nSPS) is 10.5. The molecule has 0 aliphatic carbocycles. The fraction of sp³-hybridized carbons (Fsp3) is 0.417. The summed E-state index contributed by atoms with van der Waals surface area (Å²) in [5, 5.41) is 2.93. The Hall–Kier alpha value is -0.780. The molecule has 1 N–H and O–H groups in total. The van der Waals surface area contributed by atoms with Crippen LogP contribution in [-0.2, 0) is 16.0 Å². The van der Waals surface area contributed by atoms with Crippen molar-refractivity contribution < 1.29 is 13.9 Å². The predicted octanol–water partition coefficient (Wildman–Crippen LogP) is 1.94. The van der Waals surface area contributed by atoms with Crippen molar-refractivity contribution >= 4 is 21.7 Å². The summed E-state index contributed by atoms with van der Waals surface area (Å²) in [4.78, 5) is 11.6. The van der Waals surface area contributed by atoms with Gasteiger partial charge in [-0.15, -0.1) is 0 Å². The van der Waals surface area contributed by atoms with E-state index in [1.165, 1.54) is 6.07 Å². The van der Waals surface area contributed by atoms with E-state index >= 15 is 0 Å². The number of rotatable bonds is 7. The summed E-state index contributed by atoms with van der Waals surface area (Å²) in [7, 11) is 1.60. The van der Waals surface area contributed by atoms with Gasteiger partial charge in [-0.2, -0.15) is 0 Å². The molecule has 1 rings (SSSR count). The third-order valence-electron chi connectivity index (χ3n) is 2.20. The van der Waals surface area contributed by atoms with Crippen LogP contribution in [-0.4, -0.2) is 32.6 Å². The molecule has 0 aliphatic rings. The van der Waals surface area contributed by atoms with Gasteiger partial charge in [0.25, 0.3) is 0 Å². The molecule has 0 saturated carbocycles. The number of ether oxygens (including phenoxy) is 1. The first-order valence-electron chi connectivity index (χ1n) is 5.28. The lowest BCUT2D eigenvalue weighted by atomic mass is 10.1. The van der Waals surface area contributed by atoms with Gasteiger partial charge in [-0.05, 0) is 23.8 Å². The Morgan fingerprint density at radius 3 is 3.00 bits per heavy atom. The van der Waals surface area contributed by atoms with Crippen LogP contribution in [0.15, 0.2) is 22.7 Å². The van der Waals surface area contributed by atoms with Crippen LogP contribution < -0.4 is 5.32 Å². The zero-order valence-corrected chi connectivity index (χ0v) is 11.2. The highest BCUT2D eigenvalue weighted by atomic mass is 79.9. The maximum atomic E-state index is 13.4. The molecule has 1 aromatic carbocycles. The van der Waals surface area contributed by atoms with Crippen LogP contribution in [0.25, 0.3) is 0 Å². The Kier molecular flexibility index (Phi) is 6.32. The van der Waals surface area contributed by atoms with Gasteiger partial charge in [0.1, 0.15) is 5.82 Å². The van der Waals surface area contributed by atoms with E-state index in [1.807, 2.05) is 0 Å². The van der Waals surface area contributed by atoms with E-state index in [4.69, 9.17) is 4.74 Å². The largest absolute Gasteiger partial charge is 0.383 e. The zero-order chi connectivity index (χ0) is 12.7. The minimum absolute atomic E-state index is 0.0434. The number of methoxy groups -OCH3 is 1. The standard InChI is InChI=1S/C12H15BrFNO2/c1-17-5-4-15-8-11(16)7-9-6-10(13)2-3-12(9)14/h2-3,6,15H,4-5,7-8H2,1H3. The summed E-state index contributed by atoms with van der Waals surface area (Å²) in [6, 6.07) is 4.59. The molecular formula is C12H15BrFNO2. The average Bonchev–Trinajstić information content (AvgIpc) is 2.29. The molecule has 0 unspecified atom stereocenters. The highest BCUT2D eigenvalue weighted by molar-refractivity contribution is 9.10. The average molecular weight is 304 g/mol. The summed E-state index contributed by atoms with van der Waals surface area (Å²) in [6.07, 6.45) is 0.102. The second-order valence-electron chi connectivity index (χ2n) is 3.62. The van der Waals surface area contributed by atoms with E-state index in [0.29, 0.717) is 18.7 Å². The van der Waals surface area contributed by atoms with Crippen LogP contribution >= 0.6 is 15.9 Å². The Morgan fingerprint density at radius 2 is 2.29 bits per heavy atom. The molecule has 0 fully saturated rings. The van der Waals surface area contributed by atoms with Gasteiger partial charge in [0, 0.05) is 24.5 Å². The van der Waals surface area contributed by atoms with E-state index in [1.54, 1.807) is 19.2 Å². The monoisotopic (exact) mass is 303 g/mol.